The molecule has 4 aromatic carbocycles. The van der Waals surface area contributed by atoms with Crippen LogP contribution in [0.1, 0.15) is 44.5 Å². The zero-order valence-corrected chi connectivity index (χ0v) is 21.5. The normalized spacial score (nSPS) is 15.2. The molecule has 4 aromatic rings. The minimum atomic E-state index is -3.81. The summed E-state index contributed by atoms with van der Waals surface area (Å²) in [4.78, 5) is 0. The van der Waals surface area contributed by atoms with E-state index in [9.17, 15) is 0 Å². The largest absolute Gasteiger partial charge is 0.966 e. The van der Waals surface area contributed by atoms with Crippen LogP contribution in [0.2, 0.25) is 0 Å². The molecule has 0 aromatic heterocycles. The minimum absolute atomic E-state index is 0.712. The second kappa shape index (κ2) is 8.20. The summed E-state index contributed by atoms with van der Waals surface area (Å²) >= 11 is 0. The standard InChI is InChI=1S/C30H28O4Si/c1-19-5-9-27-23(13-19)17-24-14-20(2)6-10-28(24)32-35(31-27)33-29-11-7-21(3)15-25(29)18-26-16-22(4)8-12-30(26)34-35/h5-16H,17-18H2,1-4H3. The monoisotopic (exact) mass is 480 g/mol. The lowest BCUT2D eigenvalue weighted by atomic mass is 10.00. The van der Waals surface area contributed by atoms with Crippen molar-refractivity contribution in [2.45, 2.75) is 40.5 Å². The fraction of sp³-hybridized carbons (Fsp3) is 0.200. The van der Waals surface area contributed by atoms with Gasteiger partial charge in [-0.15, -0.1) is 0 Å². The molecule has 0 unspecified atom stereocenters. The first-order chi connectivity index (χ1) is 16.9. The van der Waals surface area contributed by atoms with Crippen molar-refractivity contribution in [3.05, 3.63) is 117 Å². The number of aryl methyl sites for hydroxylation is 4. The average molecular weight is 481 g/mol. The molecule has 176 valence electrons. The Bertz CT molecular complexity index is 1240. The summed E-state index contributed by atoms with van der Waals surface area (Å²) in [5, 5.41) is 0. The Kier molecular flexibility index (Phi) is 5.11. The highest BCUT2D eigenvalue weighted by molar-refractivity contribution is 6.57. The molecule has 0 N–H and O–H groups in total. The molecule has 4 nitrogen and oxygen atoms in total. The van der Waals surface area contributed by atoms with Crippen LogP contribution in [0.5, 0.6) is 23.0 Å². The molecule has 0 amide bonds. The van der Waals surface area contributed by atoms with Gasteiger partial charge in [-0.25, -0.2) is 0 Å². The molecule has 0 atom stereocenters. The molecule has 2 aliphatic heterocycles. The van der Waals surface area contributed by atoms with Crippen molar-refractivity contribution in [2.75, 3.05) is 0 Å². The maximum Gasteiger partial charge on any atom is 0.966 e. The zero-order valence-electron chi connectivity index (χ0n) is 20.5. The van der Waals surface area contributed by atoms with Crippen molar-refractivity contribution in [1.82, 2.24) is 0 Å². The summed E-state index contributed by atoms with van der Waals surface area (Å²) in [6.07, 6.45) is 1.42. The summed E-state index contributed by atoms with van der Waals surface area (Å²) in [7, 11) is -3.81. The average Bonchev–Trinajstić information content (AvgIpc) is 2.79. The van der Waals surface area contributed by atoms with Crippen molar-refractivity contribution in [2.24, 2.45) is 0 Å². The van der Waals surface area contributed by atoms with Gasteiger partial charge >= 0.3 is 9.05 Å². The predicted molar refractivity (Wildman–Crippen MR) is 139 cm³/mol. The van der Waals surface area contributed by atoms with E-state index in [4.69, 9.17) is 17.7 Å². The van der Waals surface area contributed by atoms with E-state index in [2.05, 4.69) is 76.2 Å². The Labute approximate surface area is 207 Å². The lowest BCUT2D eigenvalue weighted by Gasteiger charge is -2.34. The summed E-state index contributed by atoms with van der Waals surface area (Å²) in [6.45, 7) is 8.39. The quantitative estimate of drug-likeness (QED) is 0.260. The van der Waals surface area contributed by atoms with E-state index < -0.39 is 9.05 Å². The molecule has 2 aliphatic rings. The van der Waals surface area contributed by atoms with Gasteiger partial charge < -0.3 is 17.7 Å². The number of fused-ring (bicyclic) bond motifs is 4. The smallest absolute Gasteiger partial charge is 0.452 e. The maximum atomic E-state index is 6.69. The van der Waals surface area contributed by atoms with E-state index >= 15 is 0 Å². The summed E-state index contributed by atoms with van der Waals surface area (Å²) in [5.41, 5.74) is 9.09. The van der Waals surface area contributed by atoms with Gasteiger partial charge in [0, 0.05) is 12.8 Å². The molecule has 5 heteroatoms. The molecule has 2 heterocycles. The highest BCUT2D eigenvalue weighted by Crippen LogP contribution is 2.39. The molecule has 0 saturated heterocycles. The van der Waals surface area contributed by atoms with Crippen LogP contribution in [-0.4, -0.2) is 9.05 Å². The molecule has 6 rings (SSSR count). The highest BCUT2D eigenvalue weighted by Gasteiger charge is 2.60. The number of hydrogen-bond donors (Lipinski definition) is 0. The number of hydrogen-bond acceptors (Lipinski definition) is 4. The van der Waals surface area contributed by atoms with Gasteiger partial charge in [0.05, 0.1) is 0 Å². The Morgan fingerprint density at radius 3 is 0.943 bits per heavy atom. The summed E-state index contributed by atoms with van der Waals surface area (Å²) in [6, 6.07) is 24.9. The topological polar surface area (TPSA) is 36.9 Å². The van der Waals surface area contributed by atoms with E-state index in [1.165, 1.54) is 22.3 Å². The predicted octanol–water partition coefficient (Wildman–Crippen LogP) is 6.78. The van der Waals surface area contributed by atoms with Crippen LogP contribution in [0.3, 0.4) is 0 Å². The van der Waals surface area contributed by atoms with Gasteiger partial charge in [0.25, 0.3) is 0 Å². The highest BCUT2D eigenvalue weighted by atomic mass is 28.4. The van der Waals surface area contributed by atoms with E-state index in [-0.39, 0.29) is 0 Å². The van der Waals surface area contributed by atoms with Crippen LogP contribution in [0.4, 0.5) is 0 Å². The van der Waals surface area contributed by atoms with Crippen LogP contribution in [-0.2, 0) is 12.8 Å². The van der Waals surface area contributed by atoms with Crippen LogP contribution in [0.25, 0.3) is 0 Å². The van der Waals surface area contributed by atoms with Gasteiger partial charge in [0.1, 0.15) is 23.0 Å². The lowest BCUT2D eigenvalue weighted by molar-refractivity contribution is 0.155. The van der Waals surface area contributed by atoms with Crippen LogP contribution in [0, 0.1) is 27.7 Å². The molecular formula is C30H28O4Si. The first-order valence-electron chi connectivity index (χ1n) is 12.0. The Morgan fingerprint density at radius 2 is 0.686 bits per heavy atom. The van der Waals surface area contributed by atoms with Crippen molar-refractivity contribution >= 4 is 9.05 Å². The molecule has 0 radical (unpaired) electrons. The molecule has 0 bridgehead atoms. The Hall–Kier alpha value is -3.70. The van der Waals surface area contributed by atoms with E-state index in [0.717, 1.165) is 45.3 Å². The number of benzene rings is 4. The molecule has 0 fully saturated rings. The van der Waals surface area contributed by atoms with Crippen molar-refractivity contribution in [3.8, 4) is 23.0 Å². The van der Waals surface area contributed by atoms with E-state index in [1.54, 1.807) is 0 Å². The van der Waals surface area contributed by atoms with Gasteiger partial charge in [0.15, 0.2) is 0 Å². The molecule has 0 saturated carbocycles. The maximum absolute atomic E-state index is 6.69. The Morgan fingerprint density at radius 1 is 0.429 bits per heavy atom. The van der Waals surface area contributed by atoms with Crippen LogP contribution in [0.15, 0.2) is 72.8 Å². The molecule has 35 heavy (non-hydrogen) atoms. The fourth-order valence-corrected chi connectivity index (χ4v) is 6.98. The molecular weight excluding hydrogens is 452 g/mol. The van der Waals surface area contributed by atoms with Gasteiger partial charge in [-0.2, -0.15) is 0 Å². The fourth-order valence-electron chi connectivity index (χ4n) is 4.86. The van der Waals surface area contributed by atoms with E-state index in [0.29, 0.717) is 12.8 Å². The first kappa shape index (κ1) is 21.8. The third-order valence-corrected chi connectivity index (χ3v) is 8.45. The number of rotatable bonds is 0. The Balaban J connectivity index is 1.58. The summed E-state index contributed by atoms with van der Waals surface area (Å²) < 4.78 is 26.8. The minimum Gasteiger partial charge on any atom is -0.452 e. The third-order valence-electron chi connectivity index (χ3n) is 6.57. The second-order valence-corrected chi connectivity index (χ2v) is 11.5. The van der Waals surface area contributed by atoms with Crippen molar-refractivity contribution in [1.29, 1.82) is 0 Å². The zero-order chi connectivity index (χ0) is 24.2. The second-order valence-electron chi connectivity index (χ2n) is 9.71. The van der Waals surface area contributed by atoms with Gasteiger partial charge in [-0.1, -0.05) is 70.8 Å². The molecule has 0 aliphatic carbocycles. The van der Waals surface area contributed by atoms with Gasteiger partial charge in [-0.3, -0.25) is 0 Å². The summed E-state index contributed by atoms with van der Waals surface area (Å²) in [5.74, 6) is 2.93. The lowest BCUT2D eigenvalue weighted by Crippen LogP contribution is -2.61. The van der Waals surface area contributed by atoms with Gasteiger partial charge in [0.2, 0.25) is 0 Å². The first-order valence-corrected chi connectivity index (χ1v) is 13.6. The van der Waals surface area contributed by atoms with Crippen molar-refractivity contribution < 1.29 is 17.7 Å². The SMILES string of the molecule is Cc1ccc2c(c1)Cc1cc(C)ccc1O[Si]1(O2)Oc2ccc(C)cc2Cc2cc(C)ccc2O1. The van der Waals surface area contributed by atoms with Crippen LogP contribution < -0.4 is 17.7 Å². The third kappa shape index (κ3) is 4.17. The van der Waals surface area contributed by atoms with Crippen molar-refractivity contribution in [3.63, 3.8) is 0 Å². The van der Waals surface area contributed by atoms with E-state index in [1.807, 2.05) is 24.3 Å². The van der Waals surface area contributed by atoms with Gasteiger partial charge in [-0.05, 0) is 74.2 Å². The van der Waals surface area contributed by atoms with Crippen LogP contribution >= 0.6 is 0 Å². The molecule has 1 spiro atoms.